The number of thiazole rings is 1. The summed E-state index contributed by atoms with van der Waals surface area (Å²) in [6.45, 7) is 3.46. The molecule has 1 saturated heterocycles. The van der Waals surface area contributed by atoms with E-state index in [1.807, 2.05) is 11.8 Å². The lowest BCUT2D eigenvalue weighted by Gasteiger charge is -2.18. The Kier molecular flexibility index (Phi) is 4.12. The summed E-state index contributed by atoms with van der Waals surface area (Å²) >= 11 is 3.50. The van der Waals surface area contributed by atoms with Gasteiger partial charge in [-0.2, -0.15) is 0 Å². The van der Waals surface area contributed by atoms with Gasteiger partial charge in [0.1, 0.15) is 5.01 Å². The van der Waals surface area contributed by atoms with E-state index in [9.17, 15) is 0 Å². The Morgan fingerprint density at radius 3 is 2.85 bits per heavy atom. The van der Waals surface area contributed by atoms with E-state index in [0.717, 1.165) is 35.0 Å². The van der Waals surface area contributed by atoms with Gasteiger partial charge in [-0.3, -0.25) is 0 Å². The van der Waals surface area contributed by atoms with Crippen molar-refractivity contribution in [2.24, 2.45) is 5.73 Å². The Morgan fingerprint density at radius 1 is 1.40 bits per heavy atom. The SMILES string of the molecule is CCSc1ccc(-c2nc(C3(N)CCOC3)cs2)cc1. The number of aromatic nitrogens is 1. The molecular weight excluding hydrogens is 288 g/mol. The molecule has 0 saturated carbocycles. The summed E-state index contributed by atoms with van der Waals surface area (Å²) in [6.07, 6.45) is 0.849. The van der Waals surface area contributed by atoms with Crippen molar-refractivity contribution in [2.75, 3.05) is 19.0 Å². The molecule has 1 aromatic heterocycles. The fraction of sp³-hybridized carbons (Fsp3) is 0.400. The number of nitrogens with zero attached hydrogens (tertiary/aromatic N) is 1. The molecule has 1 aromatic carbocycles. The van der Waals surface area contributed by atoms with E-state index in [-0.39, 0.29) is 0 Å². The highest BCUT2D eigenvalue weighted by molar-refractivity contribution is 7.99. The topological polar surface area (TPSA) is 48.1 Å². The van der Waals surface area contributed by atoms with Gasteiger partial charge < -0.3 is 10.5 Å². The Labute approximate surface area is 127 Å². The molecule has 106 valence electrons. The van der Waals surface area contributed by atoms with E-state index in [1.54, 1.807) is 11.3 Å². The monoisotopic (exact) mass is 306 g/mol. The van der Waals surface area contributed by atoms with Gasteiger partial charge in [0.2, 0.25) is 0 Å². The lowest BCUT2D eigenvalue weighted by Crippen LogP contribution is -2.37. The van der Waals surface area contributed by atoms with Crippen LogP contribution in [0.25, 0.3) is 10.6 Å². The van der Waals surface area contributed by atoms with Crippen LogP contribution in [-0.4, -0.2) is 24.0 Å². The van der Waals surface area contributed by atoms with Gasteiger partial charge in [0.25, 0.3) is 0 Å². The van der Waals surface area contributed by atoms with Gasteiger partial charge in [0, 0.05) is 22.4 Å². The van der Waals surface area contributed by atoms with E-state index in [4.69, 9.17) is 15.5 Å². The molecule has 0 spiro atoms. The minimum atomic E-state index is -0.396. The molecule has 1 unspecified atom stereocenters. The average Bonchev–Trinajstić information content (AvgIpc) is 3.10. The second-order valence-corrected chi connectivity index (χ2v) is 7.15. The predicted molar refractivity (Wildman–Crippen MR) is 85.2 cm³/mol. The van der Waals surface area contributed by atoms with Crippen LogP contribution in [-0.2, 0) is 10.3 Å². The van der Waals surface area contributed by atoms with Gasteiger partial charge in [-0.25, -0.2) is 4.98 Å². The van der Waals surface area contributed by atoms with Crippen molar-refractivity contribution in [1.82, 2.24) is 4.98 Å². The molecule has 3 nitrogen and oxygen atoms in total. The maximum atomic E-state index is 6.35. The first kappa shape index (κ1) is 14.1. The van der Waals surface area contributed by atoms with Gasteiger partial charge in [0.05, 0.1) is 17.8 Å². The first-order valence-electron chi connectivity index (χ1n) is 6.77. The van der Waals surface area contributed by atoms with Crippen LogP contribution in [0, 0.1) is 0 Å². The molecule has 0 radical (unpaired) electrons. The Balaban J connectivity index is 1.82. The largest absolute Gasteiger partial charge is 0.379 e. The fourth-order valence-electron chi connectivity index (χ4n) is 2.28. The zero-order valence-electron chi connectivity index (χ0n) is 11.5. The molecule has 0 amide bonds. The van der Waals surface area contributed by atoms with E-state index >= 15 is 0 Å². The van der Waals surface area contributed by atoms with Crippen molar-refractivity contribution in [3.05, 3.63) is 35.3 Å². The lowest BCUT2D eigenvalue weighted by molar-refractivity contribution is 0.177. The molecule has 0 aliphatic carbocycles. The molecule has 3 rings (SSSR count). The summed E-state index contributed by atoms with van der Waals surface area (Å²) in [5.41, 5.74) is 8.07. The number of hydrogen-bond donors (Lipinski definition) is 1. The molecule has 2 heterocycles. The first-order valence-corrected chi connectivity index (χ1v) is 8.64. The van der Waals surface area contributed by atoms with Gasteiger partial charge in [0.15, 0.2) is 0 Å². The summed E-state index contributed by atoms with van der Waals surface area (Å²) in [5.74, 6) is 1.09. The fourth-order valence-corrected chi connectivity index (χ4v) is 3.87. The van der Waals surface area contributed by atoms with Crippen LogP contribution in [0.2, 0.25) is 0 Å². The third-order valence-corrected chi connectivity index (χ3v) is 5.26. The van der Waals surface area contributed by atoms with Crippen LogP contribution in [0.3, 0.4) is 0 Å². The lowest BCUT2D eigenvalue weighted by atomic mass is 9.97. The highest BCUT2D eigenvalue weighted by Gasteiger charge is 2.34. The van der Waals surface area contributed by atoms with Crippen LogP contribution < -0.4 is 5.73 Å². The van der Waals surface area contributed by atoms with Crippen molar-refractivity contribution in [1.29, 1.82) is 0 Å². The smallest absolute Gasteiger partial charge is 0.123 e. The summed E-state index contributed by atoms with van der Waals surface area (Å²) in [4.78, 5) is 6.02. The summed E-state index contributed by atoms with van der Waals surface area (Å²) in [6, 6.07) is 8.58. The number of hydrogen-bond acceptors (Lipinski definition) is 5. The molecule has 1 aliphatic heterocycles. The standard InChI is InChI=1S/C15H18N2OS2/c1-2-19-12-5-3-11(4-6-12)14-17-13(9-20-14)15(16)7-8-18-10-15/h3-6,9H,2,7-8,10,16H2,1H3. The molecule has 2 aromatic rings. The number of benzene rings is 1. The highest BCUT2D eigenvalue weighted by atomic mass is 32.2. The minimum Gasteiger partial charge on any atom is -0.379 e. The third kappa shape index (κ3) is 2.76. The van der Waals surface area contributed by atoms with Crippen molar-refractivity contribution in [3.8, 4) is 10.6 Å². The van der Waals surface area contributed by atoms with E-state index in [1.165, 1.54) is 4.90 Å². The van der Waals surface area contributed by atoms with Crippen molar-refractivity contribution in [2.45, 2.75) is 23.8 Å². The molecular formula is C15H18N2OS2. The minimum absolute atomic E-state index is 0.396. The van der Waals surface area contributed by atoms with Crippen molar-refractivity contribution in [3.63, 3.8) is 0 Å². The van der Waals surface area contributed by atoms with E-state index in [0.29, 0.717) is 6.61 Å². The molecule has 2 N–H and O–H groups in total. The van der Waals surface area contributed by atoms with Crippen LogP contribution in [0.1, 0.15) is 19.0 Å². The summed E-state index contributed by atoms with van der Waals surface area (Å²) < 4.78 is 5.41. The molecule has 20 heavy (non-hydrogen) atoms. The molecule has 5 heteroatoms. The van der Waals surface area contributed by atoms with Crippen LogP contribution in [0.15, 0.2) is 34.5 Å². The summed E-state index contributed by atoms with van der Waals surface area (Å²) in [7, 11) is 0. The number of ether oxygens (including phenoxy) is 1. The molecule has 1 atom stereocenters. The van der Waals surface area contributed by atoms with Crippen molar-refractivity contribution < 1.29 is 4.74 Å². The molecule has 0 bridgehead atoms. The Hall–Kier alpha value is -0.880. The second-order valence-electron chi connectivity index (χ2n) is 4.95. The van der Waals surface area contributed by atoms with Crippen LogP contribution >= 0.6 is 23.1 Å². The van der Waals surface area contributed by atoms with Crippen molar-refractivity contribution >= 4 is 23.1 Å². The van der Waals surface area contributed by atoms with E-state index in [2.05, 4.69) is 36.6 Å². The van der Waals surface area contributed by atoms with Gasteiger partial charge in [-0.15, -0.1) is 23.1 Å². The van der Waals surface area contributed by atoms with Gasteiger partial charge >= 0.3 is 0 Å². The normalized spacial score (nSPS) is 22.3. The quantitative estimate of drug-likeness (QED) is 0.878. The van der Waals surface area contributed by atoms with Crippen LogP contribution in [0.4, 0.5) is 0 Å². The molecule has 1 aliphatic rings. The zero-order chi connectivity index (χ0) is 14.0. The number of rotatable bonds is 4. The first-order chi connectivity index (χ1) is 9.71. The molecule has 1 fully saturated rings. The highest BCUT2D eigenvalue weighted by Crippen LogP contribution is 2.32. The van der Waals surface area contributed by atoms with Crippen LogP contribution in [0.5, 0.6) is 0 Å². The van der Waals surface area contributed by atoms with Gasteiger partial charge in [-0.05, 0) is 24.3 Å². The number of thioether (sulfide) groups is 1. The van der Waals surface area contributed by atoms with Gasteiger partial charge in [-0.1, -0.05) is 19.1 Å². The average molecular weight is 306 g/mol. The Bertz CT molecular complexity index is 574. The predicted octanol–water partition coefficient (Wildman–Crippen LogP) is 3.50. The maximum Gasteiger partial charge on any atom is 0.123 e. The Morgan fingerprint density at radius 2 is 2.20 bits per heavy atom. The third-order valence-electron chi connectivity index (χ3n) is 3.48. The second kappa shape index (κ2) is 5.85. The van der Waals surface area contributed by atoms with E-state index < -0.39 is 5.54 Å². The maximum absolute atomic E-state index is 6.35. The number of nitrogens with two attached hydrogens (primary N) is 1. The zero-order valence-corrected chi connectivity index (χ0v) is 13.1. The summed E-state index contributed by atoms with van der Waals surface area (Å²) in [5, 5.41) is 3.10.